The summed E-state index contributed by atoms with van der Waals surface area (Å²) in [6.45, 7) is 14.9. The lowest BCUT2D eigenvalue weighted by Gasteiger charge is -2.28. The van der Waals surface area contributed by atoms with Crippen molar-refractivity contribution in [2.75, 3.05) is 13.6 Å². The lowest BCUT2D eigenvalue weighted by molar-refractivity contribution is -0.0893. The van der Waals surface area contributed by atoms with E-state index in [-0.39, 0.29) is 17.9 Å². The van der Waals surface area contributed by atoms with Gasteiger partial charge in [-0.2, -0.15) is 18.4 Å². The van der Waals surface area contributed by atoms with Gasteiger partial charge in [0.2, 0.25) is 0 Å². The van der Waals surface area contributed by atoms with Gasteiger partial charge in [-0.25, -0.2) is 0 Å². The number of nitrogens with zero attached hydrogens (tertiary/aromatic N) is 2. The van der Waals surface area contributed by atoms with Crippen LogP contribution in [0, 0.1) is 23.2 Å². The van der Waals surface area contributed by atoms with Crippen LogP contribution < -0.4 is 0 Å². The van der Waals surface area contributed by atoms with Crippen molar-refractivity contribution in [3.63, 3.8) is 0 Å². The van der Waals surface area contributed by atoms with Gasteiger partial charge >= 0.3 is 6.18 Å². The number of hydrogen-bond acceptors (Lipinski definition) is 2. The van der Waals surface area contributed by atoms with Crippen molar-refractivity contribution in [3.05, 3.63) is 59.4 Å². The van der Waals surface area contributed by atoms with Crippen LogP contribution in [-0.4, -0.2) is 24.7 Å². The van der Waals surface area contributed by atoms with Crippen LogP contribution in [0.2, 0.25) is 0 Å². The molecule has 1 rings (SSSR count). The average molecular weight is 378 g/mol. The fraction of sp³-hybridized carbons (Fsp3) is 0.500. The molecule has 0 aromatic carbocycles. The number of hydrogen-bond donors (Lipinski definition) is 0. The summed E-state index contributed by atoms with van der Waals surface area (Å²) >= 11 is 0. The summed E-state index contributed by atoms with van der Waals surface area (Å²) in [6.07, 6.45) is 1.92. The summed E-state index contributed by atoms with van der Waals surface area (Å²) in [4.78, 5) is 1.85. The standard InChI is InChI=1S/C22H29F3N2/c1-15(2)16(3)7-8-17(4)18(5)11-12-27(6)20-10-9-19(14-26)21(13-20)22(23,24)25/h7-8,13,15,18H,3-4,9-12H2,1-2,5-6H3/b8-7-. The fourth-order valence-corrected chi connectivity index (χ4v) is 2.67. The molecule has 0 saturated heterocycles. The Bertz CT molecular complexity index is 700. The highest BCUT2D eigenvalue weighted by molar-refractivity contribution is 5.43. The van der Waals surface area contributed by atoms with Crippen LogP contribution in [0.5, 0.6) is 0 Å². The zero-order valence-electron chi connectivity index (χ0n) is 16.7. The Morgan fingerprint density at radius 1 is 1.22 bits per heavy atom. The molecule has 5 heteroatoms. The number of allylic oxidation sites excluding steroid dienone is 8. The van der Waals surface area contributed by atoms with E-state index in [1.807, 2.05) is 17.1 Å². The Morgan fingerprint density at radius 2 is 1.81 bits per heavy atom. The zero-order chi connectivity index (χ0) is 20.8. The lowest BCUT2D eigenvalue weighted by Crippen LogP contribution is -2.25. The summed E-state index contributed by atoms with van der Waals surface area (Å²) in [5.74, 6) is 0.586. The van der Waals surface area contributed by atoms with Gasteiger partial charge in [0.1, 0.15) is 0 Å². The number of nitriles is 1. The summed E-state index contributed by atoms with van der Waals surface area (Å²) in [5, 5.41) is 8.94. The van der Waals surface area contributed by atoms with E-state index in [9.17, 15) is 13.2 Å². The van der Waals surface area contributed by atoms with Gasteiger partial charge in [0.25, 0.3) is 0 Å². The van der Waals surface area contributed by atoms with Gasteiger partial charge in [-0.1, -0.05) is 57.2 Å². The Hall–Kier alpha value is -2.22. The van der Waals surface area contributed by atoms with Gasteiger partial charge in [0.05, 0.1) is 11.6 Å². The Balaban J connectivity index is 2.72. The second kappa shape index (κ2) is 9.64. The second-order valence-corrected chi connectivity index (χ2v) is 7.39. The number of rotatable bonds is 8. The van der Waals surface area contributed by atoms with Crippen LogP contribution in [0.3, 0.4) is 0 Å². The predicted octanol–water partition coefficient (Wildman–Crippen LogP) is 6.33. The molecular formula is C22H29F3N2. The molecule has 27 heavy (non-hydrogen) atoms. The largest absolute Gasteiger partial charge is 0.417 e. The minimum Gasteiger partial charge on any atom is -0.378 e. The molecule has 0 aromatic heterocycles. The topological polar surface area (TPSA) is 27.0 Å². The van der Waals surface area contributed by atoms with E-state index in [0.717, 1.165) is 23.6 Å². The van der Waals surface area contributed by atoms with Crippen molar-refractivity contribution >= 4 is 0 Å². The van der Waals surface area contributed by atoms with Crippen LogP contribution in [-0.2, 0) is 0 Å². The van der Waals surface area contributed by atoms with Gasteiger partial charge < -0.3 is 4.90 Å². The Morgan fingerprint density at radius 3 is 2.33 bits per heavy atom. The highest BCUT2D eigenvalue weighted by atomic mass is 19.4. The maximum Gasteiger partial charge on any atom is 0.417 e. The maximum atomic E-state index is 13.1. The molecule has 0 fully saturated rings. The van der Waals surface area contributed by atoms with E-state index < -0.39 is 11.7 Å². The quantitative estimate of drug-likeness (QED) is 0.462. The molecule has 1 unspecified atom stereocenters. The van der Waals surface area contributed by atoms with Crippen LogP contribution in [0.25, 0.3) is 0 Å². The first-order valence-electron chi connectivity index (χ1n) is 9.15. The molecule has 0 amide bonds. The molecule has 148 valence electrons. The van der Waals surface area contributed by atoms with Crippen molar-refractivity contribution in [3.8, 4) is 6.07 Å². The molecule has 0 spiro atoms. The molecule has 0 saturated carbocycles. The molecule has 0 aliphatic heterocycles. The smallest absolute Gasteiger partial charge is 0.378 e. The van der Waals surface area contributed by atoms with E-state index in [1.54, 1.807) is 13.1 Å². The minimum atomic E-state index is -4.50. The molecule has 1 aliphatic rings. The number of halogens is 3. The number of alkyl halides is 3. The summed E-state index contributed by atoms with van der Waals surface area (Å²) < 4.78 is 39.4. The first kappa shape index (κ1) is 22.8. The van der Waals surface area contributed by atoms with Crippen LogP contribution >= 0.6 is 0 Å². The molecule has 1 aliphatic carbocycles. The van der Waals surface area contributed by atoms with Crippen molar-refractivity contribution in [2.24, 2.45) is 11.8 Å². The average Bonchev–Trinajstić information content (AvgIpc) is 2.61. The third kappa shape index (κ3) is 6.78. The van der Waals surface area contributed by atoms with E-state index in [1.165, 1.54) is 0 Å². The van der Waals surface area contributed by atoms with E-state index in [4.69, 9.17) is 5.26 Å². The SMILES string of the molecule is C=C(/C=C\C(=C)C(C)CCN(C)C1=CC(C(F)(F)F)=C(C#N)CC1)C(C)C. The van der Waals surface area contributed by atoms with Gasteiger partial charge in [0.15, 0.2) is 0 Å². The first-order chi connectivity index (χ1) is 12.5. The van der Waals surface area contributed by atoms with Gasteiger partial charge in [-0.05, 0) is 37.2 Å². The fourth-order valence-electron chi connectivity index (χ4n) is 2.67. The van der Waals surface area contributed by atoms with Crippen molar-refractivity contribution < 1.29 is 13.2 Å². The van der Waals surface area contributed by atoms with Crippen LogP contribution in [0.1, 0.15) is 40.0 Å². The van der Waals surface area contributed by atoms with E-state index >= 15 is 0 Å². The summed E-state index contributed by atoms with van der Waals surface area (Å²) in [6, 6.07) is 1.69. The third-order valence-corrected chi connectivity index (χ3v) is 4.98. The normalized spacial score (nSPS) is 16.3. The van der Waals surface area contributed by atoms with Crippen LogP contribution in [0.15, 0.2) is 59.4 Å². The molecule has 0 N–H and O–H groups in total. The summed E-state index contributed by atoms with van der Waals surface area (Å²) in [7, 11) is 1.79. The second-order valence-electron chi connectivity index (χ2n) is 7.39. The zero-order valence-corrected chi connectivity index (χ0v) is 16.7. The van der Waals surface area contributed by atoms with Crippen LogP contribution in [0.4, 0.5) is 13.2 Å². The molecular weight excluding hydrogens is 349 g/mol. The third-order valence-electron chi connectivity index (χ3n) is 4.98. The highest BCUT2D eigenvalue weighted by Gasteiger charge is 2.37. The molecule has 2 nitrogen and oxygen atoms in total. The molecule has 1 atom stereocenters. The minimum absolute atomic E-state index is 0.129. The maximum absolute atomic E-state index is 13.1. The van der Waals surface area contributed by atoms with Crippen molar-refractivity contribution in [2.45, 2.75) is 46.2 Å². The summed E-state index contributed by atoms with van der Waals surface area (Å²) in [5.41, 5.74) is 1.63. The van der Waals surface area contributed by atoms with Crippen molar-refractivity contribution in [1.29, 1.82) is 5.26 Å². The first-order valence-corrected chi connectivity index (χ1v) is 9.15. The molecule has 0 aromatic rings. The highest BCUT2D eigenvalue weighted by Crippen LogP contribution is 2.36. The van der Waals surface area contributed by atoms with Gasteiger partial charge in [-0.3, -0.25) is 0 Å². The monoisotopic (exact) mass is 378 g/mol. The predicted molar refractivity (Wildman–Crippen MR) is 105 cm³/mol. The lowest BCUT2D eigenvalue weighted by atomic mass is 9.94. The Kier molecular flexibility index (Phi) is 8.15. The van der Waals surface area contributed by atoms with Crippen molar-refractivity contribution in [1.82, 2.24) is 4.90 Å². The van der Waals surface area contributed by atoms with Gasteiger partial charge in [0, 0.05) is 24.9 Å². The Labute approximate surface area is 161 Å². The molecule has 0 bridgehead atoms. The molecule has 0 heterocycles. The van der Waals surface area contributed by atoms with Gasteiger partial charge in [-0.15, -0.1) is 0 Å². The van der Waals surface area contributed by atoms with E-state index in [0.29, 0.717) is 24.6 Å². The van der Waals surface area contributed by atoms with E-state index in [2.05, 4.69) is 33.9 Å². The molecule has 0 radical (unpaired) electrons.